The van der Waals surface area contributed by atoms with Gasteiger partial charge in [0.2, 0.25) is 0 Å². The maximum absolute atomic E-state index is 11.9. The summed E-state index contributed by atoms with van der Waals surface area (Å²) in [5, 5.41) is 3.34. The fraction of sp³-hybridized carbons (Fsp3) is 0.417. The molecule has 0 heterocycles. The Bertz CT molecular complexity index is 409. The van der Waals surface area contributed by atoms with Gasteiger partial charge < -0.3 is 15.6 Å². The summed E-state index contributed by atoms with van der Waals surface area (Å²) in [5.74, 6) is 5.18. The molecule has 0 aliphatic carbocycles. The molecule has 4 N–H and O–H groups in total. The summed E-state index contributed by atoms with van der Waals surface area (Å²) < 4.78 is 0. The van der Waals surface area contributed by atoms with Gasteiger partial charge in [0, 0.05) is 11.6 Å². The third kappa shape index (κ3) is 4.52. The average Bonchev–Trinajstić information content (AvgIpc) is 2.34. The quantitative estimate of drug-likeness (QED) is 0.414. The predicted molar refractivity (Wildman–Crippen MR) is 74.8 cm³/mol. The topological polar surface area (TPSA) is 70.4 Å². The van der Waals surface area contributed by atoms with E-state index in [4.69, 9.17) is 17.4 Å². The summed E-state index contributed by atoms with van der Waals surface area (Å²) in [4.78, 5) is 14.0. The molecule has 0 spiro atoms. The molecule has 0 saturated carbocycles. The van der Waals surface area contributed by atoms with Crippen LogP contribution in [-0.2, 0) is 0 Å². The van der Waals surface area contributed by atoms with E-state index in [0.29, 0.717) is 22.8 Å². The van der Waals surface area contributed by atoms with Crippen LogP contribution in [0.25, 0.3) is 0 Å². The second-order valence-corrected chi connectivity index (χ2v) is 4.68. The van der Waals surface area contributed by atoms with E-state index in [-0.39, 0.29) is 5.91 Å². The van der Waals surface area contributed by atoms with Crippen molar-refractivity contribution in [3.63, 3.8) is 0 Å². The largest absolute Gasteiger partial charge is 0.352 e. The molecule has 0 radical (unpaired) electrons. The van der Waals surface area contributed by atoms with Gasteiger partial charge >= 0.3 is 0 Å². The molecule has 0 bridgehead atoms. The lowest BCUT2D eigenvalue weighted by Crippen LogP contribution is -2.28. The molecule has 1 aromatic rings. The molecule has 18 heavy (non-hydrogen) atoms. The van der Waals surface area contributed by atoms with Crippen molar-refractivity contribution in [1.82, 2.24) is 10.2 Å². The van der Waals surface area contributed by atoms with E-state index in [0.717, 1.165) is 13.0 Å². The van der Waals surface area contributed by atoms with Gasteiger partial charge in [0.15, 0.2) is 0 Å². The monoisotopic (exact) mass is 270 g/mol. The Morgan fingerprint density at radius 2 is 2.17 bits per heavy atom. The summed E-state index contributed by atoms with van der Waals surface area (Å²) in [6, 6.07) is 4.95. The fourth-order valence-corrected chi connectivity index (χ4v) is 1.69. The van der Waals surface area contributed by atoms with Crippen LogP contribution in [0.15, 0.2) is 18.2 Å². The summed E-state index contributed by atoms with van der Waals surface area (Å²) in [6.45, 7) is 1.55. The fourth-order valence-electron chi connectivity index (χ4n) is 1.52. The molecular formula is C12H19ClN4O. The van der Waals surface area contributed by atoms with Crippen molar-refractivity contribution in [2.45, 2.75) is 6.42 Å². The van der Waals surface area contributed by atoms with Crippen LogP contribution in [0.4, 0.5) is 5.69 Å². The molecule has 0 unspecified atom stereocenters. The first-order chi connectivity index (χ1) is 8.54. The van der Waals surface area contributed by atoms with E-state index >= 15 is 0 Å². The van der Waals surface area contributed by atoms with E-state index in [2.05, 4.69) is 15.6 Å². The number of halogens is 1. The number of nitrogens with one attached hydrogen (secondary N) is 2. The zero-order valence-corrected chi connectivity index (χ0v) is 11.4. The molecule has 0 fully saturated rings. The Kier molecular flexibility index (Phi) is 5.91. The first-order valence-corrected chi connectivity index (χ1v) is 6.11. The maximum Gasteiger partial charge on any atom is 0.253 e. The highest BCUT2D eigenvalue weighted by Gasteiger charge is 2.10. The van der Waals surface area contributed by atoms with Crippen molar-refractivity contribution in [3.05, 3.63) is 28.8 Å². The second kappa shape index (κ2) is 7.20. The number of nitrogen functional groups attached to an aromatic ring is 1. The number of hydrazine groups is 1. The second-order valence-electron chi connectivity index (χ2n) is 4.25. The number of nitrogens with zero attached hydrogens (tertiary/aromatic N) is 1. The Morgan fingerprint density at radius 3 is 2.78 bits per heavy atom. The van der Waals surface area contributed by atoms with Crippen molar-refractivity contribution in [3.8, 4) is 0 Å². The number of anilines is 1. The standard InChI is InChI=1S/C12H19ClN4O/c1-17(2)7-3-6-15-12(18)10-8-9(13)4-5-11(10)16-14/h4-5,8,16H,3,6-7,14H2,1-2H3,(H,15,18). The van der Waals surface area contributed by atoms with Crippen molar-refractivity contribution >= 4 is 23.2 Å². The van der Waals surface area contributed by atoms with Crippen LogP contribution in [0, 0.1) is 0 Å². The van der Waals surface area contributed by atoms with E-state index in [9.17, 15) is 4.79 Å². The number of carbonyl (C=O) groups is 1. The minimum absolute atomic E-state index is 0.177. The number of benzene rings is 1. The minimum atomic E-state index is -0.177. The molecule has 100 valence electrons. The number of rotatable bonds is 6. The highest BCUT2D eigenvalue weighted by molar-refractivity contribution is 6.31. The van der Waals surface area contributed by atoms with Crippen LogP contribution in [-0.4, -0.2) is 38.0 Å². The minimum Gasteiger partial charge on any atom is -0.352 e. The van der Waals surface area contributed by atoms with Crippen LogP contribution in [0.5, 0.6) is 0 Å². The summed E-state index contributed by atoms with van der Waals surface area (Å²) in [6.07, 6.45) is 0.894. The molecule has 0 saturated heterocycles. The third-order valence-electron chi connectivity index (χ3n) is 2.45. The van der Waals surface area contributed by atoms with Gasteiger partial charge in [-0.1, -0.05) is 11.6 Å². The van der Waals surface area contributed by atoms with E-state index < -0.39 is 0 Å². The van der Waals surface area contributed by atoms with Gasteiger partial charge in [-0.15, -0.1) is 0 Å². The average molecular weight is 271 g/mol. The Hall–Kier alpha value is -1.30. The number of carbonyl (C=O) groups excluding carboxylic acids is 1. The first kappa shape index (κ1) is 14.8. The van der Waals surface area contributed by atoms with Crippen molar-refractivity contribution in [2.75, 3.05) is 32.6 Å². The van der Waals surface area contributed by atoms with E-state index in [1.54, 1.807) is 18.2 Å². The maximum atomic E-state index is 11.9. The smallest absolute Gasteiger partial charge is 0.253 e. The molecular weight excluding hydrogens is 252 g/mol. The molecule has 0 aromatic heterocycles. The molecule has 1 amide bonds. The lowest BCUT2D eigenvalue weighted by Gasteiger charge is -2.12. The van der Waals surface area contributed by atoms with Crippen molar-refractivity contribution in [2.24, 2.45) is 5.84 Å². The number of hydrogen-bond donors (Lipinski definition) is 3. The van der Waals surface area contributed by atoms with Crippen molar-refractivity contribution < 1.29 is 4.79 Å². The summed E-state index contributed by atoms with van der Waals surface area (Å²) in [7, 11) is 3.99. The molecule has 0 atom stereocenters. The third-order valence-corrected chi connectivity index (χ3v) is 2.68. The Balaban J connectivity index is 2.58. The van der Waals surface area contributed by atoms with Crippen LogP contribution < -0.4 is 16.6 Å². The van der Waals surface area contributed by atoms with Gasteiger partial charge in [0.25, 0.3) is 5.91 Å². The SMILES string of the molecule is CN(C)CCCNC(=O)c1cc(Cl)ccc1NN. The first-order valence-electron chi connectivity index (χ1n) is 5.73. The van der Waals surface area contributed by atoms with Crippen LogP contribution in [0.2, 0.25) is 5.02 Å². The van der Waals surface area contributed by atoms with Crippen LogP contribution in [0.1, 0.15) is 16.8 Å². The number of nitrogens with two attached hydrogens (primary N) is 1. The Labute approximate surface area is 112 Å². The van der Waals surface area contributed by atoms with E-state index in [1.165, 1.54) is 0 Å². The molecule has 0 aliphatic rings. The van der Waals surface area contributed by atoms with Gasteiger partial charge in [-0.2, -0.15) is 0 Å². The van der Waals surface area contributed by atoms with Gasteiger partial charge in [0.1, 0.15) is 0 Å². The normalized spacial score (nSPS) is 10.5. The molecule has 1 rings (SSSR count). The lowest BCUT2D eigenvalue weighted by molar-refractivity contribution is 0.0953. The zero-order chi connectivity index (χ0) is 13.5. The van der Waals surface area contributed by atoms with Crippen LogP contribution >= 0.6 is 11.6 Å². The number of hydrogen-bond acceptors (Lipinski definition) is 4. The Morgan fingerprint density at radius 1 is 1.44 bits per heavy atom. The van der Waals surface area contributed by atoms with Gasteiger partial charge in [-0.3, -0.25) is 10.6 Å². The van der Waals surface area contributed by atoms with E-state index in [1.807, 2.05) is 14.1 Å². The molecule has 0 aliphatic heterocycles. The van der Waals surface area contributed by atoms with Gasteiger partial charge in [0.05, 0.1) is 11.3 Å². The zero-order valence-electron chi connectivity index (χ0n) is 10.7. The van der Waals surface area contributed by atoms with Crippen LogP contribution in [0.3, 0.4) is 0 Å². The van der Waals surface area contributed by atoms with Gasteiger partial charge in [-0.25, -0.2) is 0 Å². The highest BCUT2D eigenvalue weighted by atomic mass is 35.5. The summed E-state index contributed by atoms with van der Waals surface area (Å²) >= 11 is 5.87. The molecule has 5 nitrogen and oxygen atoms in total. The molecule has 1 aromatic carbocycles. The van der Waals surface area contributed by atoms with Crippen molar-refractivity contribution in [1.29, 1.82) is 0 Å². The number of amides is 1. The van der Waals surface area contributed by atoms with Gasteiger partial charge in [-0.05, 0) is 45.3 Å². The summed E-state index contributed by atoms with van der Waals surface area (Å²) in [5.41, 5.74) is 3.50. The lowest BCUT2D eigenvalue weighted by atomic mass is 10.1. The molecule has 6 heteroatoms. The highest BCUT2D eigenvalue weighted by Crippen LogP contribution is 2.19. The predicted octanol–water partition coefficient (Wildman–Crippen LogP) is 1.31.